The molecule has 0 bridgehead atoms. The molecule has 0 radical (unpaired) electrons. The van der Waals surface area contributed by atoms with Gasteiger partial charge in [-0.2, -0.15) is 0 Å². The second kappa shape index (κ2) is 2.98. The first-order chi connectivity index (χ1) is 5.68. The molecule has 2 heterocycles. The Labute approximate surface area is 74.5 Å². The van der Waals surface area contributed by atoms with Crippen molar-refractivity contribution in [1.29, 1.82) is 0 Å². The van der Waals surface area contributed by atoms with Crippen LogP contribution >= 0.6 is 0 Å². The van der Waals surface area contributed by atoms with Crippen molar-refractivity contribution in [2.75, 3.05) is 6.54 Å². The van der Waals surface area contributed by atoms with E-state index in [1.54, 1.807) is 0 Å². The van der Waals surface area contributed by atoms with Crippen molar-refractivity contribution in [3.8, 4) is 0 Å². The van der Waals surface area contributed by atoms with Crippen LogP contribution in [0.15, 0.2) is 0 Å². The number of nitrogens with one attached hydrogen (secondary N) is 2. The molecule has 2 N–H and O–H groups in total. The van der Waals surface area contributed by atoms with Gasteiger partial charge in [0, 0.05) is 18.6 Å². The number of hydrogen-bond donors (Lipinski definition) is 2. The number of fused-ring (bicyclic) bond motifs is 1. The van der Waals surface area contributed by atoms with Crippen LogP contribution in [0.1, 0.15) is 27.2 Å². The van der Waals surface area contributed by atoms with Gasteiger partial charge in [-0.3, -0.25) is 10.7 Å². The van der Waals surface area contributed by atoms with E-state index < -0.39 is 0 Å². The highest BCUT2D eigenvalue weighted by atomic mass is 15.6. The third kappa shape index (κ3) is 1.26. The highest BCUT2D eigenvalue weighted by Crippen LogP contribution is 2.23. The summed E-state index contributed by atoms with van der Waals surface area (Å²) in [5, 5.41) is 6.00. The van der Waals surface area contributed by atoms with Crippen LogP contribution in [0.5, 0.6) is 0 Å². The molecule has 0 aromatic heterocycles. The van der Waals surface area contributed by atoms with Crippen LogP contribution in [-0.4, -0.2) is 29.8 Å². The Morgan fingerprint density at radius 3 is 2.75 bits per heavy atom. The van der Waals surface area contributed by atoms with Gasteiger partial charge in [-0.25, -0.2) is 5.01 Å². The van der Waals surface area contributed by atoms with Crippen molar-refractivity contribution in [2.45, 2.75) is 45.4 Å². The van der Waals surface area contributed by atoms with Gasteiger partial charge in [-0.15, -0.1) is 0 Å². The van der Waals surface area contributed by atoms with Crippen molar-refractivity contribution >= 4 is 0 Å². The molecular formula is C9H19N3. The summed E-state index contributed by atoms with van der Waals surface area (Å²) in [6, 6.07) is 1.35. The molecule has 0 aliphatic carbocycles. The molecule has 0 aromatic carbocycles. The summed E-state index contributed by atoms with van der Waals surface area (Å²) in [5.74, 6) is 0.732. The Morgan fingerprint density at radius 2 is 2.00 bits per heavy atom. The summed E-state index contributed by atoms with van der Waals surface area (Å²) in [6.45, 7) is 8.00. The van der Waals surface area contributed by atoms with Gasteiger partial charge in [0.15, 0.2) is 0 Å². The zero-order chi connectivity index (χ0) is 8.72. The van der Waals surface area contributed by atoms with E-state index in [1.807, 2.05) is 0 Å². The Bertz CT molecular complexity index is 171. The van der Waals surface area contributed by atoms with E-state index in [2.05, 4.69) is 36.5 Å². The number of hydrazine groups is 1. The largest absolute Gasteiger partial charge is 0.298 e. The van der Waals surface area contributed by atoms with Crippen LogP contribution in [0.3, 0.4) is 0 Å². The highest BCUT2D eigenvalue weighted by molar-refractivity contribution is 4.90. The molecule has 2 aliphatic heterocycles. The molecule has 70 valence electrons. The first-order valence-electron chi connectivity index (χ1n) is 4.96. The van der Waals surface area contributed by atoms with Gasteiger partial charge < -0.3 is 0 Å². The maximum atomic E-state index is 3.62. The lowest BCUT2D eigenvalue weighted by atomic mass is 10.0. The van der Waals surface area contributed by atoms with Gasteiger partial charge in [0.2, 0.25) is 0 Å². The zero-order valence-electron chi connectivity index (χ0n) is 8.17. The molecule has 12 heavy (non-hydrogen) atoms. The molecule has 3 heteroatoms. The SMILES string of the molecule is CC1CC(C)N2NCC(C)C2N1. The third-order valence-electron chi connectivity index (χ3n) is 3.06. The maximum absolute atomic E-state index is 3.62. The molecule has 3 nitrogen and oxygen atoms in total. The molecule has 2 rings (SSSR count). The number of hydrogen-bond acceptors (Lipinski definition) is 3. The van der Waals surface area contributed by atoms with Crippen molar-refractivity contribution in [3.63, 3.8) is 0 Å². The van der Waals surface area contributed by atoms with Crippen molar-refractivity contribution < 1.29 is 0 Å². The lowest BCUT2D eigenvalue weighted by Crippen LogP contribution is -2.59. The fourth-order valence-electron chi connectivity index (χ4n) is 2.39. The van der Waals surface area contributed by atoms with Crippen LogP contribution in [0.2, 0.25) is 0 Å². The Hall–Kier alpha value is -0.120. The monoisotopic (exact) mass is 169 g/mol. The van der Waals surface area contributed by atoms with Crippen LogP contribution in [-0.2, 0) is 0 Å². The van der Waals surface area contributed by atoms with E-state index >= 15 is 0 Å². The minimum Gasteiger partial charge on any atom is -0.298 e. The van der Waals surface area contributed by atoms with Gasteiger partial charge in [0.05, 0.1) is 6.17 Å². The first kappa shape index (κ1) is 8.48. The maximum Gasteiger partial charge on any atom is 0.0776 e. The van der Waals surface area contributed by atoms with E-state index in [-0.39, 0.29) is 0 Å². The average Bonchev–Trinajstić information content (AvgIpc) is 2.33. The summed E-state index contributed by atoms with van der Waals surface area (Å²) in [7, 11) is 0. The molecule has 0 spiro atoms. The minimum atomic E-state index is 0.559. The summed E-state index contributed by atoms with van der Waals surface area (Å²) < 4.78 is 0. The molecule has 2 aliphatic rings. The summed E-state index contributed by atoms with van der Waals surface area (Å²) in [4.78, 5) is 0. The lowest BCUT2D eigenvalue weighted by molar-refractivity contribution is 0.0438. The van der Waals surface area contributed by atoms with Gasteiger partial charge in [-0.1, -0.05) is 6.92 Å². The third-order valence-corrected chi connectivity index (χ3v) is 3.06. The van der Waals surface area contributed by atoms with Crippen LogP contribution < -0.4 is 10.7 Å². The minimum absolute atomic E-state index is 0.559. The topological polar surface area (TPSA) is 27.3 Å². The van der Waals surface area contributed by atoms with E-state index in [0.29, 0.717) is 18.2 Å². The molecule has 0 amide bonds. The van der Waals surface area contributed by atoms with E-state index in [0.717, 1.165) is 12.5 Å². The van der Waals surface area contributed by atoms with Gasteiger partial charge in [-0.05, 0) is 26.2 Å². The Kier molecular flexibility index (Phi) is 2.10. The molecule has 4 unspecified atom stereocenters. The fraction of sp³-hybridized carbons (Fsp3) is 1.00. The summed E-state index contributed by atoms with van der Waals surface area (Å²) in [6.07, 6.45) is 1.81. The normalized spacial score (nSPS) is 49.2. The average molecular weight is 169 g/mol. The van der Waals surface area contributed by atoms with E-state index in [9.17, 15) is 0 Å². The molecular weight excluding hydrogens is 150 g/mol. The van der Waals surface area contributed by atoms with Gasteiger partial charge in [0.25, 0.3) is 0 Å². The van der Waals surface area contributed by atoms with Crippen LogP contribution in [0.25, 0.3) is 0 Å². The second-order valence-electron chi connectivity index (χ2n) is 4.34. The van der Waals surface area contributed by atoms with Crippen LogP contribution in [0, 0.1) is 5.92 Å². The van der Waals surface area contributed by atoms with Gasteiger partial charge >= 0.3 is 0 Å². The Morgan fingerprint density at radius 1 is 1.25 bits per heavy atom. The van der Waals surface area contributed by atoms with Crippen LogP contribution in [0.4, 0.5) is 0 Å². The van der Waals surface area contributed by atoms with Crippen molar-refractivity contribution in [2.24, 2.45) is 5.92 Å². The summed E-state index contributed by atoms with van der Waals surface area (Å²) >= 11 is 0. The molecule has 2 saturated heterocycles. The van der Waals surface area contributed by atoms with Crippen molar-refractivity contribution in [1.82, 2.24) is 15.8 Å². The van der Waals surface area contributed by atoms with E-state index in [1.165, 1.54) is 6.42 Å². The fourth-order valence-corrected chi connectivity index (χ4v) is 2.39. The summed E-state index contributed by atoms with van der Waals surface area (Å²) in [5.41, 5.74) is 3.45. The van der Waals surface area contributed by atoms with Crippen molar-refractivity contribution in [3.05, 3.63) is 0 Å². The highest BCUT2D eigenvalue weighted by Gasteiger charge is 2.38. The molecule has 0 aromatic rings. The number of nitrogens with zero attached hydrogens (tertiary/aromatic N) is 1. The molecule has 2 fully saturated rings. The standard InChI is InChI=1S/C9H19N3/c1-6-5-10-12-8(3)4-7(2)11-9(6)12/h6-11H,4-5H2,1-3H3. The molecule has 0 saturated carbocycles. The number of rotatable bonds is 0. The first-order valence-corrected chi connectivity index (χ1v) is 4.96. The lowest BCUT2D eigenvalue weighted by Gasteiger charge is -2.40. The smallest absolute Gasteiger partial charge is 0.0776 e. The Balaban J connectivity index is 2.08. The predicted molar refractivity (Wildman–Crippen MR) is 49.5 cm³/mol. The quantitative estimate of drug-likeness (QED) is 0.554. The van der Waals surface area contributed by atoms with E-state index in [4.69, 9.17) is 0 Å². The van der Waals surface area contributed by atoms with Gasteiger partial charge in [0.1, 0.15) is 0 Å². The zero-order valence-corrected chi connectivity index (χ0v) is 8.17. The molecule has 4 atom stereocenters. The second-order valence-corrected chi connectivity index (χ2v) is 4.34. The predicted octanol–water partition coefficient (Wildman–Crippen LogP) is 0.539.